The molecule has 16 heteroatoms. The standard InChI is InChI=1S/C24H22F3N7O5S/c1-32-15-3-2-11(6-17(15)40-24(32)38)33-9-28-30-23(33)22-21(37)19(20(36)16(8-35)39-22)34-7-14(29-31-34)10-4-12(25)18(27)13(26)5-10/h2-7,9,16,19-22,29,31,35-37H,8H2,1H3/t16-,19?,20?,21-,22?/m1/s1. The number of nitrogens with one attached hydrogen (secondary N) is 2. The molecule has 12 nitrogen and oxygen atoms in total. The Balaban J connectivity index is 1.34. The maximum absolute atomic E-state index is 13.8. The van der Waals surface area contributed by atoms with Gasteiger partial charge in [-0.25, -0.2) is 13.2 Å². The molecule has 2 aromatic heterocycles. The van der Waals surface area contributed by atoms with E-state index in [4.69, 9.17) is 4.74 Å². The summed E-state index contributed by atoms with van der Waals surface area (Å²) in [6.07, 6.45) is -2.53. The van der Waals surface area contributed by atoms with Crippen LogP contribution in [0.25, 0.3) is 21.6 Å². The molecule has 3 unspecified atom stereocenters. The molecule has 0 aliphatic carbocycles. The van der Waals surface area contributed by atoms with Crippen molar-refractivity contribution in [2.24, 2.45) is 7.05 Å². The quantitative estimate of drug-likeness (QED) is 0.212. The lowest BCUT2D eigenvalue weighted by Crippen LogP contribution is -2.63. The van der Waals surface area contributed by atoms with Gasteiger partial charge in [-0.15, -0.1) is 15.7 Å². The van der Waals surface area contributed by atoms with Crippen LogP contribution in [0.4, 0.5) is 13.2 Å². The summed E-state index contributed by atoms with van der Waals surface area (Å²) in [6.45, 7) is -0.606. The first kappa shape index (κ1) is 26.4. The Morgan fingerprint density at radius 2 is 1.88 bits per heavy atom. The van der Waals surface area contributed by atoms with Gasteiger partial charge in [0.1, 0.15) is 36.8 Å². The van der Waals surface area contributed by atoms with Crippen molar-refractivity contribution in [3.05, 3.63) is 81.4 Å². The number of aliphatic hydroxyl groups excluding tert-OH is 3. The smallest absolute Gasteiger partial charge is 0.307 e. The largest absolute Gasteiger partial charge is 0.394 e. The van der Waals surface area contributed by atoms with Gasteiger partial charge in [-0.05, 0) is 30.3 Å². The molecule has 4 aromatic rings. The van der Waals surface area contributed by atoms with Crippen molar-refractivity contribution < 1.29 is 33.2 Å². The zero-order valence-corrected chi connectivity index (χ0v) is 21.4. The number of benzene rings is 2. The van der Waals surface area contributed by atoms with Crippen LogP contribution in [0.15, 0.2) is 47.7 Å². The SMILES string of the molecule is Cn1c(=O)sc2cc(-n3cnnc3C3O[C@H](CO)C(O)C(N4C=C(c5cc(F)c(F)c(F)c5)NN4)[C@H]3O)ccc21. The summed E-state index contributed by atoms with van der Waals surface area (Å²) < 4.78 is 50.7. The lowest BCUT2D eigenvalue weighted by atomic mass is 9.91. The van der Waals surface area contributed by atoms with Crippen LogP contribution in [-0.4, -0.2) is 70.6 Å². The summed E-state index contributed by atoms with van der Waals surface area (Å²) >= 11 is 1.06. The molecule has 2 aromatic carbocycles. The van der Waals surface area contributed by atoms with Gasteiger partial charge in [0.25, 0.3) is 0 Å². The Labute approximate surface area is 227 Å². The Morgan fingerprint density at radius 3 is 2.60 bits per heavy atom. The zero-order chi connectivity index (χ0) is 28.3. The highest BCUT2D eigenvalue weighted by atomic mass is 32.1. The van der Waals surface area contributed by atoms with Crippen LogP contribution < -0.4 is 15.8 Å². The highest BCUT2D eigenvalue weighted by Crippen LogP contribution is 2.36. The highest BCUT2D eigenvalue weighted by Gasteiger charge is 2.49. The minimum absolute atomic E-state index is 0.0314. The first-order valence-electron chi connectivity index (χ1n) is 12.0. The topological polar surface area (TPSA) is 150 Å². The molecule has 2 aliphatic rings. The van der Waals surface area contributed by atoms with E-state index in [-0.39, 0.29) is 22.0 Å². The van der Waals surface area contributed by atoms with E-state index in [0.29, 0.717) is 5.69 Å². The number of hydrogen-bond acceptors (Lipinski definition) is 11. The van der Waals surface area contributed by atoms with Crippen molar-refractivity contribution in [1.29, 1.82) is 0 Å². The summed E-state index contributed by atoms with van der Waals surface area (Å²) in [6, 6.07) is 5.70. The molecule has 4 heterocycles. The van der Waals surface area contributed by atoms with E-state index in [9.17, 15) is 33.3 Å². The number of ether oxygens (including phenoxy) is 1. The fraction of sp³-hybridized carbons (Fsp3) is 0.292. The predicted octanol–water partition coefficient (Wildman–Crippen LogP) is 0.444. The third-order valence-corrected chi connectivity index (χ3v) is 7.97. The molecule has 0 spiro atoms. The highest BCUT2D eigenvalue weighted by molar-refractivity contribution is 7.16. The molecule has 1 fully saturated rings. The molecule has 1 saturated heterocycles. The molecule has 0 bridgehead atoms. The van der Waals surface area contributed by atoms with E-state index < -0.39 is 54.5 Å². The Kier molecular flexibility index (Phi) is 6.60. The summed E-state index contributed by atoms with van der Waals surface area (Å²) in [5.41, 5.74) is 6.78. The normalized spacial score (nSPS) is 24.9. The lowest BCUT2D eigenvalue weighted by molar-refractivity contribution is -0.218. The molecule has 210 valence electrons. The second kappa shape index (κ2) is 9.99. The first-order chi connectivity index (χ1) is 19.2. The summed E-state index contributed by atoms with van der Waals surface area (Å²) in [7, 11) is 1.67. The molecule has 5 atom stereocenters. The van der Waals surface area contributed by atoms with Crippen LogP contribution in [0.2, 0.25) is 0 Å². The number of hydrogen-bond donors (Lipinski definition) is 5. The molecule has 0 amide bonds. The van der Waals surface area contributed by atoms with Crippen LogP contribution in [-0.2, 0) is 11.8 Å². The minimum atomic E-state index is -1.61. The third kappa shape index (κ3) is 4.25. The zero-order valence-electron chi connectivity index (χ0n) is 20.6. The maximum atomic E-state index is 13.8. The van der Waals surface area contributed by atoms with Crippen molar-refractivity contribution in [2.45, 2.75) is 30.5 Å². The van der Waals surface area contributed by atoms with Crippen LogP contribution in [0, 0.1) is 17.5 Å². The fourth-order valence-corrected chi connectivity index (χ4v) is 5.81. The molecule has 0 radical (unpaired) electrons. The number of hydrazine groups is 2. The van der Waals surface area contributed by atoms with Gasteiger partial charge in [-0.3, -0.25) is 14.4 Å². The van der Waals surface area contributed by atoms with Gasteiger partial charge in [0.15, 0.2) is 23.3 Å². The summed E-state index contributed by atoms with van der Waals surface area (Å²) in [5.74, 6) is -4.23. The molecule has 5 N–H and O–H groups in total. The van der Waals surface area contributed by atoms with Gasteiger partial charge in [-0.1, -0.05) is 11.3 Å². The van der Waals surface area contributed by atoms with Crippen LogP contribution >= 0.6 is 11.3 Å². The Hall–Kier alpha value is -3.80. The van der Waals surface area contributed by atoms with Crippen LogP contribution in [0.1, 0.15) is 17.5 Å². The number of aliphatic hydroxyl groups is 3. The van der Waals surface area contributed by atoms with E-state index >= 15 is 0 Å². The van der Waals surface area contributed by atoms with Gasteiger partial charge < -0.3 is 30.0 Å². The van der Waals surface area contributed by atoms with Crippen molar-refractivity contribution in [1.82, 2.24) is 35.3 Å². The minimum Gasteiger partial charge on any atom is -0.394 e. The van der Waals surface area contributed by atoms with Gasteiger partial charge >= 0.3 is 4.87 Å². The van der Waals surface area contributed by atoms with Gasteiger partial charge in [0, 0.05) is 24.5 Å². The molecule has 2 aliphatic heterocycles. The predicted molar refractivity (Wildman–Crippen MR) is 135 cm³/mol. The second-order valence-corrected chi connectivity index (χ2v) is 10.3. The number of nitrogens with zero attached hydrogens (tertiary/aromatic N) is 5. The summed E-state index contributed by atoms with van der Waals surface area (Å²) in [4.78, 5) is 12.0. The molecular formula is C24H22F3N7O5S. The van der Waals surface area contributed by atoms with Crippen LogP contribution in [0.3, 0.4) is 0 Å². The van der Waals surface area contributed by atoms with Gasteiger partial charge in [-0.2, -0.15) is 0 Å². The summed E-state index contributed by atoms with van der Waals surface area (Å²) in [5, 5.41) is 41.7. The van der Waals surface area contributed by atoms with E-state index in [1.165, 1.54) is 22.1 Å². The van der Waals surface area contributed by atoms with Gasteiger partial charge in [0.2, 0.25) is 0 Å². The van der Waals surface area contributed by atoms with E-state index in [0.717, 1.165) is 33.7 Å². The Morgan fingerprint density at radius 1 is 1.12 bits per heavy atom. The number of thiazole rings is 1. The number of aromatic nitrogens is 4. The monoisotopic (exact) mass is 577 g/mol. The Bertz CT molecular complexity index is 1670. The van der Waals surface area contributed by atoms with Gasteiger partial charge in [0.05, 0.1) is 22.5 Å². The first-order valence-corrected chi connectivity index (χ1v) is 12.8. The van der Waals surface area contributed by atoms with E-state index in [1.54, 1.807) is 29.8 Å². The van der Waals surface area contributed by atoms with Crippen molar-refractivity contribution in [2.75, 3.05) is 6.61 Å². The molecule has 40 heavy (non-hydrogen) atoms. The second-order valence-electron chi connectivity index (χ2n) is 9.33. The molecular weight excluding hydrogens is 555 g/mol. The molecule has 6 rings (SSSR count). The third-order valence-electron chi connectivity index (χ3n) is 6.98. The van der Waals surface area contributed by atoms with Crippen molar-refractivity contribution in [3.8, 4) is 5.69 Å². The lowest BCUT2D eigenvalue weighted by Gasteiger charge is -2.45. The van der Waals surface area contributed by atoms with Crippen LogP contribution in [0.5, 0.6) is 0 Å². The number of halogens is 3. The number of fused-ring (bicyclic) bond motifs is 1. The van der Waals surface area contributed by atoms with Crippen molar-refractivity contribution in [3.63, 3.8) is 0 Å². The number of aryl methyl sites for hydroxylation is 1. The van der Waals surface area contributed by atoms with E-state index in [2.05, 4.69) is 21.2 Å². The fourth-order valence-electron chi connectivity index (χ4n) is 4.90. The number of rotatable bonds is 5. The van der Waals surface area contributed by atoms with E-state index in [1.807, 2.05) is 0 Å². The molecule has 0 saturated carbocycles. The maximum Gasteiger partial charge on any atom is 0.307 e. The average molecular weight is 578 g/mol. The average Bonchev–Trinajstić information content (AvgIpc) is 3.67. The van der Waals surface area contributed by atoms with Crippen molar-refractivity contribution >= 4 is 27.3 Å².